The maximum absolute atomic E-state index is 11.2. The average Bonchev–Trinajstić information content (AvgIpc) is 3.35. The van der Waals surface area contributed by atoms with Gasteiger partial charge in [0.15, 0.2) is 4.80 Å². The molecule has 0 bridgehead atoms. The van der Waals surface area contributed by atoms with Gasteiger partial charge >= 0.3 is 0 Å². The van der Waals surface area contributed by atoms with E-state index in [2.05, 4.69) is 18.0 Å². The van der Waals surface area contributed by atoms with Crippen LogP contribution in [0.15, 0.2) is 82.9 Å². The molecule has 152 valence electrons. The van der Waals surface area contributed by atoms with Crippen molar-refractivity contribution in [2.24, 2.45) is 9.98 Å². The summed E-state index contributed by atoms with van der Waals surface area (Å²) in [5.41, 5.74) is 5.16. The van der Waals surface area contributed by atoms with Crippen LogP contribution in [0.1, 0.15) is 21.6 Å². The van der Waals surface area contributed by atoms with E-state index in [1.165, 1.54) is 22.5 Å². The fourth-order valence-corrected chi connectivity index (χ4v) is 4.49. The minimum Gasteiger partial charge on any atom is -0.493 e. The van der Waals surface area contributed by atoms with Crippen molar-refractivity contribution in [1.82, 2.24) is 4.57 Å². The molecule has 31 heavy (non-hydrogen) atoms. The number of hydrogen-bond donors (Lipinski definition) is 1. The molecule has 0 saturated heterocycles. The van der Waals surface area contributed by atoms with Gasteiger partial charge in [0.1, 0.15) is 0 Å². The van der Waals surface area contributed by atoms with Gasteiger partial charge in [-0.15, -0.1) is 0 Å². The Balaban J connectivity index is 1.71. The Bertz CT molecular complexity index is 1490. The monoisotopic (exact) mass is 423 g/mol. The SMILES string of the molecule is Cc1ccc(N=c2sc(C=c3ccc4c(c3)C=CN=4)c(O)n2-c2ccc(C)cc2)cc1. The van der Waals surface area contributed by atoms with Crippen molar-refractivity contribution >= 4 is 29.2 Å². The minimum absolute atomic E-state index is 0.181. The molecule has 2 heterocycles. The third-order valence-electron chi connectivity index (χ3n) is 5.19. The van der Waals surface area contributed by atoms with Crippen molar-refractivity contribution in [3.63, 3.8) is 0 Å². The summed E-state index contributed by atoms with van der Waals surface area (Å²) in [4.78, 5) is 10.6. The minimum atomic E-state index is 0.181. The highest BCUT2D eigenvalue weighted by Crippen LogP contribution is 2.26. The molecule has 0 atom stereocenters. The van der Waals surface area contributed by atoms with Gasteiger partial charge in [0.25, 0.3) is 0 Å². The number of aromatic hydroxyl groups is 1. The van der Waals surface area contributed by atoms with E-state index in [-0.39, 0.29) is 5.88 Å². The number of nitrogens with zero attached hydrogens (tertiary/aromatic N) is 3. The van der Waals surface area contributed by atoms with Gasteiger partial charge in [-0.3, -0.25) is 9.56 Å². The van der Waals surface area contributed by atoms with Gasteiger partial charge in [0.05, 0.1) is 21.6 Å². The molecule has 1 aromatic heterocycles. The normalized spacial score (nSPS) is 13.5. The molecule has 1 aliphatic rings. The molecule has 0 unspecified atom stereocenters. The number of thiazole rings is 1. The Morgan fingerprint density at radius 2 is 1.65 bits per heavy atom. The molecule has 0 aliphatic carbocycles. The number of fused-ring (bicyclic) bond motifs is 1. The Labute approximate surface area is 184 Å². The molecule has 0 amide bonds. The highest BCUT2D eigenvalue weighted by Gasteiger charge is 2.13. The standard InChI is InChI=1S/C26H21N3OS/c1-17-3-8-21(9-4-17)28-26-29(22-10-5-18(2)6-11-22)25(30)24(31-26)16-19-7-12-23-20(15-19)13-14-27-23/h3-16,30H,1-2H3. The quantitative estimate of drug-likeness (QED) is 0.517. The Morgan fingerprint density at radius 1 is 0.935 bits per heavy atom. The summed E-state index contributed by atoms with van der Waals surface area (Å²) in [7, 11) is 0. The lowest BCUT2D eigenvalue weighted by molar-refractivity contribution is 0.439. The highest BCUT2D eigenvalue weighted by molar-refractivity contribution is 7.10. The lowest BCUT2D eigenvalue weighted by atomic mass is 10.2. The average molecular weight is 424 g/mol. The summed E-state index contributed by atoms with van der Waals surface area (Å²) >= 11 is 1.46. The molecule has 0 fully saturated rings. The predicted octanol–water partition coefficient (Wildman–Crippen LogP) is 4.53. The molecule has 4 aromatic rings. The van der Waals surface area contributed by atoms with E-state index in [1.807, 2.05) is 79.7 Å². The lowest BCUT2D eigenvalue weighted by Crippen LogP contribution is -2.11. The van der Waals surface area contributed by atoms with Crippen molar-refractivity contribution in [2.75, 3.05) is 0 Å². The van der Waals surface area contributed by atoms with Gasteiger partial charge in [-0.2, -0.15) is 0 Å². The van der Waals surface area contributed by atoms with Crippen LogP contribution in [-0.4, -0.2) is 9.67 Å². The summed E-state index contributed by atoms with van der Waals surface area (Å²) in [5.74, 6) is 0.181. The van der Waals surface area contributed by atoms with Crippen LogP contribution in [-0.2, 0) is 0 Å². The molecular weight excluding hydrogens is 402 g/mol. The van der Waals surface area contributed by atoms with E-state index in [9.17, 15) is 5.11 Å². The van der Waals surface area contributed by atoms with Crippen LogP contribution in [0.5, 0.6) is 5.88 Å². The Hall–Kier alpha value is -3.70. The van der Waals surface area contributed by atoms with E-state index in [1.54, 1.807) is 10.8 Å². The molecular formula is C26H21N3OS. The fourth-order valence-electron chi connectivity index (χ4n) is 3.48. The summed E-state index contributed by atoms with van der Waals surface area (Å²) < 4.78 is 1.80. The van der Waals surface area contributed by atoms with Crippen molar-refractivity contribution in [2.45, 2.75) is 13.8 Å². The van der Waals surface area contributed by atoms with Gasteiger partial charge in [0, 0.05) is 11.8 Å². The second-order valence-corrected chi connectivity index (χ2v) is 8.61. The van der Waals surface area contributed by atoms with E-state index in [4.69, 9.17) is 4.99 Å². The maximum atomic E-state index is 11.2. The van der Waals surface area contributed by atoms with Crippen LogP contribution in [0, 0.1) is 13.8 Å². The first-order valence-electron chi connectivity index (χ1n) is 10.1. The number of aromatic nitrogens is 1. The van der Waals surface area contributed by atoms with E-state index in [0.29, 0.717) is 4.80 Å². The summed E-state index contributed by atoms with van der Waals surface area (Å²) in [6.07, 6.45) is 5.79. The van der Waals surface area contributed by atoms with Crippen LogP contribution in [0.3, 0.4) is 0 Å². The van der Waals surface area contributed by atoms with Gasteiger partial charge in [-0.1, -0.05) is 52.8 Å². The van der Waals surface area contributed by atoms with Crippen LogP contribution in [0.2, 0.25) is 0 Å². The van der Waals surface area contributed by atoms with Crippen molar-refractivity contribution < 1.29 is 5.11 Å². The van der Waals surface area contributed by atoms with Gasteiger partial charge in [0.2, 0.25) is 5.88 Å². The zero-order valence-electron chi connectivity index (χ0n) is 17.3. The van der Waals surface area contributed by atoms with E-state index >= 15 is 0 Å². The molecule has 4 nitrogen and oxygen atoms in total. The van der Waals surface area contributed by atoms with Crippen LogP contribution >= 0.6 is 11.3 Å². The largest absolute Gasteiger partial charge is 0.493 e. The maximum Gasteiger partial charge on any atom is 0.215 e. The summed E-state index contributed by atoms with van der Waals surface area (Å²) in [5, 5.41) is 13.1. The molecule has 0 radical (unpaired) electrons. The zero-order chi connectivity index (χ0) is 21.4. The van der Waals surface area contributed by atoms with Crippen molar-refractivity contribution in [1.29, 1.82) is 0 Å². The smallest absolute Gasteiger partial charge is 0.215 e. The van der Waals surface area contributed by atoms with Crippen molar-refractivity contribution in [3.05, 3.63) is 110 Å². The Morgan fingerprint density at radius 3 is 2.39 bits per heavy atom. The molecule has 0 saturated carbocycles. The topological polar surface area (TPSA) is 49.9 Å². The molecule has 3 aromatic carbocycles. The predicted molar refractivity (Wildman–Crippen MR) is 126 cm³/mol. The molecule has 5 rings (SSSR count). The number of aryl methyl sites for hydroxylation is 2. The van der Waals surface area contributed by atoms with Crippen LogP contribution < -0.4 is 15.4 Å². The highest BCUT2D eigenvalue weighted by atomic mass is 32.1. The first-order chi connectivity index (χ1) is 15.1. The zero-order valence-corrected chi connectivity index (χ0v) is 18.1. The second-order valence-electron chi connectivity index (χ2n) is 7.60. The summed E-state index contributed by atoms with van der Waals surface area (Å²) in [6, 6.07) is 22.2. The first kappa shape index (κ1) is 19.3. The van der Waals surface area contributed by atoms with Gasteiger partial charge in [-0.25, -0.2) is 4.99 Å². The number of rotatable bonds is 3. The number of benzene rings is 3. The fraction of sp³-hybridized carbons (Fsp3) is 0.0769. The van der Waals surface area contributed by atoms with E-state index in [0.717, 1.165) is 32.4 Å². The molecule has 5 heteroatoms. The third kappa shape index (κ3) is 3.88. The van der Waals surface area contributed by atoms with Crippen LogP contribution in [0.25, 0.3) is 17.8 Å². The Kier molecular flexibility index (Phi) is 4.88. The molecule has 1 aliphatic heterocycles. The summed E-state index contributed by atoms with van der Waals surface area (Å²) in [6.45, 7) is 4.10. The van der Waals surface area contributed by atoms with Gasteiger partial charge < -0.3 is 5.11 Å². The van der Waals surface area contributed by atoms with E-state index < -0.39 is 0 Å². The molecule has 1 N–H and O–H groups in total. The van der Waals surface area contributed by atoms with Gasteiger partial charge in [-0.05, 0) is 67.6 Å². The molecule has 0 spiro atoms. The lowest BCUT2D eigenvalue weighted by Gasteiger charge is -2.06. The first-order valence-corrected chi connectivity index (χ1v) is 10.9. The second kappa shape index (κ2) is 7.85. The van der Waals surface area contributed by atoms with Crippen LogP contribution in [0.4, 0.5) is 5.69 Å². The third-order valence-corrected chi connectivity index (χ3v) is 6.17. The number of hydrogen-bond acceptors (Lipinski definition) is 4. The van der Waals surface area contributed by atoms with Crippen molar-refractivity contribution in [3.8, 4) is 11.6 Å².